The van der Waals surface area contributed by atoms with Crippen molar-refractivity contribution in [3.8, 4) is 0 Å². The maximum absolute atomic E-state index is 13.5. The largest absolute Gasteiger partial charge is 0.458 e. The van der Waals surface area contributed by atoms with Crippen molar-refractivity contribution in [3.05, 3.63) is 69.8 Å². The van der Waals surface area contributed by atoms with Crippen molar-refractivity contribution < 1.29 is 27.7 Å². The van der Waals surface area contributed by atoms with Gasteiger partial charge in [0.25, 0.3) is 15.7 Å². The first-order valence-corrected chi connectivity index (χ1v) is 13.0. The van der Waals surface area contributed by atoms with Crippen molar-refractivity contribution in [2.24, 2.45) is 0 Å². The molecule has 2 aromatic rings. The number of esters is 1. The molecule has 1 amide bonds. The number of para-hydroxylation sites is 1. The molecule has 194 valence electrons. The molecule has 1 heterocycles. The molecule has 1 saturated heterocycles. The zero-order chi connectivity index (χ0) is 26.8. The summed E-state index contributed by atoms with van der Waals surface area (Å²) < 4.78 is 33.2. The lowest BCUT2D eigenvalue weighted by Crippen LogP contribution is -2.62. The SMILES string of the molecule is Cc1ccc(C[C@@H](C(=O)OC(C)(C)C)N2CCN(S(=O)(=O)c3ccccc3[N+](=O)[O-])[C@@H](C)C2=O)cc1. The highest BCUT2D eigenvalue weighted by molar-refractivity contribution is 7.89. The molecule has 0 saturated carbocycles. The van der Waals surface area contributed by atoms with Gasteiger partial charge in [-0.2, -0.15) is 4.31 Å². The van der Waals surface area contributed by atoms with E-state index in [0.717, 1.165) is 27.6 Å². The van der Waals surface area contributed by atoms with Crippen molar-refractivity contribution >= 4 is 27.6 Å². The van der Waals surface area contributed by atoms with Gasteiger partial charge in [-0.15, -0.1) is 0 Å². The van der Waals surface area contributed by atoms with Gasteiger partial charge in [0.2, 0.25) is 5.91 Å². The van der Waals surface area contributed by atoms with Gasteiger partial charge < -0.3 is 9.64 Å². The Hall–Kier alpha value is -3.31. The number of benzene rings is 2. The highest BCUT2D eigenvalue weighted by atomic mass is 32.2. The molecule has 11 heteroatoms. The van der Waals surface area contributed by atoms with E-state index in [1.165, 1.54) is 24.0 Å². The average Bonchev–Trinajstić information content (AvgIpc) is 2.79. The topological polar surface area (TPSA) is 127 Å². The van der Waals surface area contributed by atoms with E-state index >= 15 is 0 Å². The van der Waals surface area contributed by atoms with E-state index in [9.17, 15) is 28.1 Å². The van der Waals surface area contributed by atoms with Crippen LogP contribution in [0, 0.1) is 17.0 Å². The van der Waals surface area contributed by atoms with Crippen LogP contribution >= 0.6 is 0 Å². The first kappa shape index (κ1) is 27.3. The number of ether oxygens (including phenoxy) is 1. The zero-order valence-electron chi connectivity index (χ0n) is 21.0. The van der Waals surface area contributed by atoms with E-state index in [1.54, 1.807) is 20.8 Å². The Kier molecular flexibility index (Phi) is 7.85. The third-order valence-corrected chi connectivity index (χ3v) is 7.90. The van der Waals surface area contributed by atoms with Gasteiger partial charge in [0.15, 0.2) is 4.90 Å². The maximum atomic E-state index is 13.5. The lowest BCUT2D eigenvalue weighted by molar-refractivity contribution is -0.387. The summed E-state index contributed by atoms with van der Waals surface area (Å²) in [6.07, 6.45) is 0.199. The van der Waals surface area contributed by atoms with E-state index in [2.05, 4.69) is 0 Å². The number of nitro benzene ring substituents is 1. The number of sulfonamides is 1. The van der Waals surface area contributed by atoms with Gasteiger partial charge in [0.1, 0.15) is 17.7 Å². The number of hydrogen-bond donors (Lipinski definition) is 0. The number of aryl methyl sites for hydroxylation is 1. The summed E-state index contributed by atoms with van der Waals surface area (Å²) in [6.45, 7) is 8.35. The molecule has 36 heavy (non-hydrogen) atoms. The molecule has 0 radical (unpaired) electrons. The number of nitrogens with zero attached hydrogens (tertiary/aromatic N) is 3. The van der Waals surface area contributed by atoms with Crippen LogP contribution in [0.5, 0.6) is 0 Å². The van der Waals surface area contributed by atoms with Crippen LogP contribution in [0.15, 0.2) is 53.4 Å². The van der Waals surface area contributed by atoms with Crippen LogP contribution in [0.2, 0.25) is 0 Å². The van der Waals surface area contributed by atoms with Gasteiger partial charge in [0.05, 0.1) is 4.92 Å². The van der Waals surface area contributed by atoms with Crippen molar-refractivity contribution in [3.63, 3.8) is 0 Å². The van der Waals surface area contributed by atoms with Crippen LogP contribution in [0.1, 0.15) is 38.8 Å². The Morgan fingerprint density at radius 3 is 2.33 bits per heavy atom. The molecule has 0 aromatic heterocycles. The van der Waals surface area contributed by atoms with Gasteiger partial charge in [-0.05, 0) is 46.2 Å². The van der Waals surface area contributed by atoms with Crippen molar-refractivity contribution in [1.82, 2.24) is 9.21 Å². The minimum atomic E-state index is -4.35. The Balaban J connectivity index is 1.92. The molecule has 1 fully saturated rings. The molecule has 10 nitrogen and oxygen atoms in total. The highest BCUT2D eigenvalue weighted by Crippen LogP contribution is 2.30. The summed E-state index contributed by atoms with van der Waals surface area (Å²) in [5, 5.41) is 11.4. The molecule has 0 spiro atoms. The predicted molar refractivity (Wildman–Crippen MR) is 133 cm³/mol. The van der Waals surface area contributed by atoms with Crippen LogP contribution in [0.25, 0.3) is 0 Å². The zero-order valence-corrected chi connectivity index (χ0v) is 21.8. The Bertz CT molecular complexity index is 1250. The highest BCUT2D eigenvalue weighted by Gasteiger charge is 2.45. The summed E-state index contributed by atoms with van der Waals surface area (Å²) in [5.41, 5.74) is 0.526. The molecule has 1 aliphatic heterocycles. The second-order valence-corrected chi connectivity index (χ2v) is 11.6. The number of nitro groups is 1. The van der Waals surface area contributed by atoms with Gasteiger partial charge in [-0.3, -0.25) is 14.9 Å². The number of carbonyl (C=O) groups is 2. The first-order chi connectivity index (χ1) is 16.7. The standard InChI is InChI=1S/C25H31N3O7S/c1-17-10-12-19(13-11-17)16-21(24(30)35-25(3,4)5)26-14-15-27(18(2)23(26)29)36(33,34)22-9-7-6-8-20(22)28(31)32/h6-13,18,21H,14-16H2,1-5H3/t18-,21-/m0/s1. The Morgan fingerprint density at radius 1 is 1.14 bits per heavy atom. The molecular formula is C25H31N3O7S. The fraction of sp³-hybridized carbons (Fsp3) is 0.440. The monoisotopic (exact) mass is 517 g/mol. The average molecular weight is 518 g/mol. The van der Waals surface area contributed by atoms with Crippen molar-refractivity contribution in [1.29, 1.82) is 0 Å². The van der Waals surface area contributed by atoms with Gasteiger partial charge in [-0.1, -0.05) is 42.0 Å². The first-order valence-electron chi connectivity index (χ1n) is 11.6. The predicted octanol–water partition coefficient (Wildman–Crippen LogP) is 3.08. The smallest absolute Gasteiger partial charge is 0.329 e. The lowest BCUT2D eigenvalue weighted by atomic mass is 10.0. The van der Waals surface area contributed by atoms with E-state index in [-0.39, 0.29) is 19.5 Å². The fourth-order valence-corrected chi connectivity index (χ4v) is 5.84. The van der Waals surface area contributed by atoms with E-state index < -0.39 is 55.1 Å². The minimum absolute atomic E-state index is 0.0706. The normalized spacial score (nSPS) is 18.1. The number of hydrogen-bond acceptors (Lipinski definition) is 7. The van der Waals surface area contributed by atoms with Crippen molar-refractivity contribution in [2.45, 2.75) is 63.6 Å². The number of rotatable bonds is 7. The van der Waals surface area contributed by atoms with Gasteiger partial charge in [0, 0.05) is 25.6 Å². The second-order valence-electron chi connectivity index (χ2n) is 9.79. The van der Waals surface area contributed by atoms with Crippen LogP contribution in [0.3, 0.4) is 0 Å². The summed E-state index contributed by atoms with van der Waals surface area (Å²) in [6, 6.07) is 10.4. The minimum Gasteiger partial charge on any atom is -0.458 e. The maximum Gasteiger partial charge on any atom is 0.329 e. The molecule has 0 unspecified atom stereocenters. The second kappa shape index (κ2) is 10.4. The number of amides is 1. The molecule has 3 rings (SSSR count). The van der Waals surface area contributed by atoms with E-state index in [1.807, 2.05) is 31.2 Å². The van der Waals surface area contributed by atoms with E-state index in [4.69, 9.17) is 4.74 Å². The summed E-state index contributed by atoms with van der Waals surface area (Å²) in [4.78, 5) is 38.2. The molecule has 0 bridgehead atoms. The fourth-order valence-electron chi connectivity index (χ4n) is 4.10. The molecule has 0 aliphatic carbocycles. The molecule has 1 aliphatic rings. The van der Waals surface area contributed by atoms with Crippen LogP contribution in [0.4, 0.5) is 5.69 Å². The van der Waals surface area contributed by atoms with Gasteiger partial charge in [-0.25, -0.2) is 13.2 Å². The quantitative estimate of drug-likeness (QED) is 0.314. The van der Waals surface area contributed by atoms with Crippen LogP contribution in [-0.2, 0) is 30.8 Å². The third kappa shape index (κ3) is 5.90. The van der Waals surface area contributed by atoms with E-state index in [0.29, 0.717) is 0 Å². The van der Waals surface area contributed by atoms with Crippen molar-refractivity contribution in [2.75, 3.05) is 13.1 Å². The Labute approximate surface area is 211 Å². The lowest BCUT2D eigenvalue weighted by Gasteiger charge is -2.41. The van der Waals surface area contributed by atoms with Crippen LogP contribution in [-0.4, -0.2) is 65.2 Å². The molecule has 2 aromatic carbocycles. The molecule has 0 N–H and O–H groups in total. The van der Waals surface area contributed by atoms with Gasteiger partial charge >= 0.3 is 5.97 Å². The molecule has 2 atom stereocenters. The summed E-state index contributed by atoms with van der Waals surface area (Å²) in [5.74, 6) is -1.16. The molecular weight excluding hydrogens is 486 g/mol. The number of piperazine rings is 1. The summed E-state index contributed by atoms with van der Waals surface area (Å²) in [7, 11) is -4.35. The Morgan fingerprint density at radius 2 is 1.75 bits per heavy atom. The van der Waals surface area contributed by atoms with Crippen LogP contribution < -0.4 is 0 Å². The third-order valence-electron chi connectivity index (χ3n) is 5.89. The summed E-state index contributed by atoms with van der Waals surface area (Å²) >= 11 is 0. The number of carbonyl (C=O) groups excluding carboxylic acids is 2.